The maximum atomic E-state index is 13.9. The van der Waals surface area contributed by atoms with Crippen LogP contribution in [-0.4, -0.2) is 44.9 Å². The molecular weight excluding hydrogens is 433 g/mol. The molecule has 6 nitrogen and oxygen atoms in total. The number of nitrogens with one attached hydrogen (secondary N) is 2. The molecule has 1 spiro atoms. The third-order valence-electron chi connectivity index (χ3n) is 6.33. The molecule has 30 heavy (non-hydrogen) atoms. The second kappa shape index (κ2) is 6.85. The highest BCUT2D eigenvalue weighted by atomic mass is 35.5. The van der Waals surface area contributed by atoms with E-state index in [1.807, 2.05) is 11.0 Å². The Labute approximate surface area is 181 Å². The molecule has 1 saturated carbocycles. The van der Waals surface area contributed by atoms with Gasteiger partial charge in [-0.2, -0.15) is 13.9 Å². The molecule has 1 aliphatic heterocycles. The van der Waals surface area contributed by atoms with Crippen molar-refractivity contribution < 1.29 is 8.78 Å². The van der Waals surface area contributed by atoms with E-state index in [1.54, 1.807) is 18.3 Å². The van der Waals surface area contributed by atoms with Gasteiger partial charge in [0.1, 0.15) is 11.3 Å². The van der Waals surface area contributed by atoms with Gasteiger partial charge in [-0.1, -0.05) is 35.3 Å². The molecule has 2 aromatic heterocycles. The van der Waals surface area contributed by atoms with Gasteiger partial charge in [0.05, 0.1) is 27.6 Å². The Hall–Kier alpha value is -2.32. The van der Waals surface area contributed by atoms with Crippen molar-refractivity contribution in [2.24, 2.45) is 5.41 Å². The van der Waals surface area contributed by atoms with E-state index in [0.717, 1.165) is 0 Å². The lowest BCUT2D eigenvalue weighted by atomic mass is 9.75. The highest BCUT2D eigenvalue weighted by Crippen LogP contribution is 2.50. The minimum Gasteiger partial charge on any atom is -0.355 e. The number of aromatic nitrogens is 4. The van der Waals surface area contributed by atoms with Gasteiger partial charge in [0.25, 0.3) is 5.92 Å². The Kier molecular flexibility index (Phi) is 4.48. The highest BCUT2D eigenvalue weighted by molar-refractivity contribution is 6.43. The number of hydrogen-bond donors (Lipinski definition) is 2. The molecule has 3 heterocycles. The summed E-state index contributed by atoms with van der Waals surface area (Å²) in [6.45, 7) is 1.10. The maximum Gasteiger partial charge on any atom is 0.285 e. The van der Waals surface area contributed by atoms with Crippen LogP contribution in [0.3, 0.4) is 0 Å². The third kappa shape index (κ3) is 2.96. The average Bonchev–Trinajstić information content (AvgIpc) is 3.25. The van der Waals surface area contributed by atoms with E-state index in [-0.39, 0.29) is 6.42 Å². The molecule has 2 N–H and O–H groups in total. The van der Waals surface area contributed by atoms with E-state index in [9.17, 15) is 8.78 Å². The van der Waals surface area contributed by atoms with Crippen molar-refractivity contribution in [1.82, 2.24) is 20.2 Å². The molecule has 0 amide bonds. The first-order valence-corrected chi connectivity index (χ1v) is 10.4. The number of hydrogen-bond acceptors (Lipinski definition) is 5. The smallest absolute Gasteiger partial charge is 0.285 e. The lowest BCUT2D eigenvalue weighted by molar-refractivity contribution is 0.0787. The van der Waals surface area contributed by atoms with Crippen LogP contribution < -0.4 is 4.90 Å². The van der Waals surface area contributed by atoms with Crippen molar-refractivity contribution in [3.05, 3.63) is 34.4 Å². The molecule has 2 fully saturated rings. The van der Waals surface area contributed by atoms with E-state index < -0.39 is 17.0 Å². The van der Waals surface area contributed by atoms with E-state index in [4.69, 9.17) is 28.6 Å². The Bertz CT molecular complexity index is 1150. The van der Waals surface area contributed by atoms with Gasteiger partial charge >= 0.3 is 0 Å². The normalized spacial score (nSPS) is 20.4. The zero-order valence-electron chi connectivity index (χ0n) is 15.9. The molecule has 1 saturated heterocycles. The van der Waals surface area contributed by atoms with Gasteiger partial charge in [0, 0.05) is 30.5 Å². The number of H-pyrrole nitrogens is 1. The fourth-order valence-electron chi connectivity index (χ4n) is 4.52. The van der Waals surface area contributed by atoms with Crippen LogP contribution in [0.4, 0.5) is 14.6 Å². The largest absolute Gasteiger partial charge is 0.355 e. The molecule has 2 aliphatic rings. The first-order valence-electron chi connectivity index (χ1n) is 9.69. The Morgan fingerprint density at radius 2 is 1.87 bits per heavy atom. The minimum atomic E-state index is -2.96. The number of rotatable bonds is 2. The first-order chi connectivity index (χ1) is 14.3. The standard InChI is InChI=1S/C20H18Cl2F2N6/c21-12-3-1-2-11(14(12)22)15-16-17(29-28-15)27-13(10-26-16)30-8-6-19(7-9-30)4-5-20(23,24)18(19)25/h1-3,10,25H,4-9H2,(H,27,28,29). The molecule has 1 aliphatic carbocycles. The van der Waals surface area contributed by atoms with Crippen molar-refractivity contribution in [3.8, 4) is 11.3 Å². The van der Waals surface area contributed by atoms with Crippen LogP contribution in [0.25, 0.3) is 22.4 Å². The molecule has 10 heteroatoms. The lowest BCUT2D eigenvalue weighted by Gasteiger charge is -2.39. The number of alkyl halides is 2. The summed E-state index contributed by atoms with van der Waals surface area (Å²) >= 11 is 12.4. The lowest BCUT2D eigenvalue weighted by Crippen LogP contribution is -2.45. The Balaban J connectivity index is 1.40. The number of fused-ring (bicyclic) bond motifs is 1. The van der Waals surface area contributed by atoms with E-state index >= 15 is 0 Å². The van der Waals surface area contributed by atoms with Crippen LogP contribution in [0.2, 0.25) is 10.0 Å². The molecular formula is C20H18Cl2F2N6. The highest BCUT2D eigenvalue weighted by Gasteiger charge is 2.55. The number of halogens is 4. The summed E-state index contributed by atoms with van der Waals surface area (Å²) < 4.78 is 27.7. The van der Waals surface area contributed by atoms with Gasteiger partial charge in [0.2, 0.25) is 5.65 Å². The number of nitrogens with zero attached hydrogens (tertiary/aromatic N) is 4. The molecule has 3 aromatic rings. The van der Waals surface area contributed by atoms with Crippen molar-refractivity contribution >= 4 is 45.9 Å². The average molecular weight is 451 g/mol. The second-order valence-electron chi connectivity index (χ2n) is 7.95. The zero-order chi connectivity index (χ0) is 21.1. The molecule has 0 atom stereocenters. The molecule has 0 radical (unpaired) electrons. The fraction of sp³-hybridized carbons (Fsp3) is 0.400. The summed E-state index contributed by atoms with van der Waals surface area (Å²) in [4.78, 5) is 11.1. The predicted molar refractivity (Wildman–Crippen MR) is 113 cm³/mol. The maximum absolute atomic E-state index is 13.9. The van der Waals surface area contributed by atoms with Crippen LogP contribution in [0, 0.1) is 10.8 Å². The topological polar surface area (TPSA) is 81.5 Å². The van der Waals surface area contributed by atoms with Crippen LogP contribution in [-0.2, 0) is 0 Å². The van der Waals surface area contributed by atoms with Crippen molar-refractivity contribution in [1.29, 1.82) is 5.41 Å². The number of anilines is 1. The van der Waals surface area contributed by atoms with E-state index in [0.29, 0.717) is 70.6 Å². The minimum absolute atomic E-state index is 0.223. The quantitative estimate of drug-likeness (QED) is 0.550. The molecule has 156 valence electrons. The number of piperidine rings is 1. The molecule has 1 aromatic carbocycles. The number of benzene rings is 1. The van der Waals surface area contributed by atoms with Crippen LogP contribution in [0.15, 0.2) is 24.4 Å². The Morgan fingerprint density at radius 1 is 1.10 bits per heavy atom. The van der Waals surface area contributed by atoms with E-state index in [2.05, 4.69) is 20.2 Å². The van der Waals surface area contributed by atoms with Crippen molar-refractivity contribution in [2.45, 2.75) is 31.6 Å². The van der Waals surface area contributed by atoms with Crippen molar-refractivity contribution in [2.75, 3.05) is 18.0 Å². The van der Waals surface area contributed by atoms with Crippen LogP contribution in [0.1, 0.15) is 25.7 Å². The van der Waals surface area contributed by atoms with Gasteiger partial charge in [-0.15, -0.1) is 0 Å². The van der Waals surface area contributed by atoms with Crippen LogP contribution >= 0.6 is 23.2 Å². The van der Waals surface area contributed by atoms with Gasteiger partial charge < -0.3 is 10.3 Å². The van der Waals surface area contributed by atoms with Gasteiger partial charge in [-0.05, 0) is 25.3 Å². The second-order valence-corrected chi connectivity index (χ2v) is 8.73. The summed E-state index contributed by atoms with van der Waals surface area (Å²) in [6.07, 6.45) is 2.85. The monoisotopic (exact) mass is 450 g/mol. The summed E-state index contributed by atoms with van der Waals surface area (Å²) in [5.41, 5.74) is 1.27. The summed E-state index contributed by atoms with van der Waals surface area (Å²) in [6, 6.07) is 5.33. The molecule has 0 bridgehead atoms. The fourth-order valence-corrected chi connectivity index (χ4v) is 4.92. The summed E-state index contributed by atoms with van der Waals surface area (Å²) in [5.74, 6) is -2.32. The van der Waals surface area contributed by atoms with Crippen molar-refractivity contribution in [3.63, 3.8) is 0 Å². The summed E-state index contributed by atoms with van der Waals surface area (Å²) in [5, 5.41) is 16.0. The summed E-state index contributed by atoms with van der Waals surface area (Å²) in [7, 11) is 0. The SMILES string of the molecule is N=C1C(F)(F)CCC12CCN(c1cnc3c(-c4cccc(Cl)c4Cl)[nH]nc3n1)CC2. The molecule has 0 unspecified atom stereocenters. The predicted octanol–water partition coefficient (Wildman–Crippen LogP) is 5.36. The molecule has 5 rings (SSSR count). The first kappa shape index (κ1) is 19.6. The van der Waals surface area contributed by atoms with Gasteiger partial charge in [-0.25, -0.2) is 9.97 Å². The van der Waals surface area contributed by atoms with E-state index in [1.165, 1.54) is 0 Å². The number of aromatic amines is 1. The van der Waals surface area contributed by atoms with Gasteiger partial charge in [0.15, 0.2) is 0 Å². The zero-order valence-corrected chi connectivity index (χ0v) is 17.4. The van der Waals surface area contributed by atoms with Gasteiger partial charge in [-0.3, -0.25) is 5.10 Å². The van der Waals surface area contributed by atoms with Crippen LogP contribution in [0.5, 0.6) is 0 Å². The Morgan fingerprint density at radius 3 is 2.57 bits per heavy atom. The third-order valence-corrected chi connectivity index (χ3v) is 7.15.